The van der Waals surface area contributed by atoms with E-state index in [0.29, 0.717) is 5.75 Å². The lowest BCUT2D eigenvalue weighted by molar-refractivity contribution is -0.118. The highest BCUT2D eigenvalue weighted by molar-refractivity contribution is 5.92. The van der Waals surface area contributed by atoms with E-state index in [2.05, 4.69) is 5.32 Å². The molecule has 0 unspecified atom stereocenters. The molecule has 1 N–H and O–H groups in total. The summed E-state index contributed by atoms with van der Waals surface area (Å²) < 4.78 is 5.71. The maximum atomic E-state index is 12.0. The van der Waals surface area contributed by atoms with Crippen molar-refractivity contribution < 1.29 is 9.53 Å². The summed E-state index contributed by atoms with van der Waals surface area (Å²) in [5, 5.41) is 2.81. The van der Waals surface area contributed by atoms with Crippen LogP contribution in [0.2, 0.25) is 0 Å². The van der Waals surface area contributed by atoms with Crippen LogP contribution in [0.5, 0.6) is 5.75 Å². The number of carbonyl (C=O) groups is 1. The lowest BCUT2D eigenvalue weighted by Gasteiger charge is -2.11. The third kappa shape index (κ3) is 3.98. The predicted octanol–water partition coefficient (Wildman–Crippen LogP) is 4.37. The molecule has 3 aromatic carbocycles. The Balaban J connectivity index is 1.68. The summed E-state index contributed by atoms with van der Waals surface area (Å²) in [5.41, 5.74) is 2.80. The van der Waals surface area contributed by atoms with Gasteiger partial charge in [0.1, 0.15) is 5.75 Å². The zero-order valence-electron chi connectivity index (χ0n) is 12.6. The lowest BCUT2D eigenvalue weighted by Crippen LogP contribution is -2.20. The van der Waals surface area contributed by atoms with Crippen LogP contribution in [0.4, 0.5) is 5.69 Å². The predicted molar refractivity (Wildman–Crippen MR) is 92.4 cm³/mol. The smallest absolute Gasteiger partial charge is 0.262 e. The molecule has 0 saturated heterocycles. The highest BCUT2D eigenvalue weighted by Crippen LogP contribution is 2.29. The standard InChI is InChI=1S/C20H17NO2/c22-20(21-17-11-5-2-6-12-17)15-23-19-14-8-7-13-18(19)16-9-3-1-4-10-16/h1-14H,15H2,(H,21,22). The Morgan fingerprint density at radius 2 is 1.39 bits per heavy atom. The molecule has 0 radical (unpaired) electrons. The number of benzene rings is 3. The van der Waals surface area contributed by atoms with E-state index in [-0.39, 0.29) is 12.5 Å². The summed E-state index contributed by atoms with van der Waals surface area (Å²) in [6, 6.07) is 27.0. The molecule has 23 heavy (non-hydrogen) atoms. The number of ether oxygens (including phenoxy) is 1. The van der Waals surface area contributed by atoms with Gasteiger partial charge in [-0.05, 0) is 23.8 Å². The van der Waals surface area contributed by atoms with E-state index in [1.54, 1.807) is 0 Å². The Morgan fingerprint density at radius 3 is 2.13 bits per heavy atom. The van der Waals surface area contributed by atoms with E-state index >= 15 is 0 Å². The summed E-state index contributed by atoms with van der Waals surface area (Å²) >= 11 is 0. The second-order valence-corrected chi connectivity index (χ2v) is 5.07. The highest BCUT2D eigenvalue weighted by atomic mass is 16.5. The molecule has 0 aliphatic rings. The van der Waals surface area contributed by atoms with E-state index in [1.807, 2.05) is 84.9 Å². The second-order valence-electron chi connectivity index (χ2n) is 5.07. The number of para-hydroxylation sites is 2. The van der Waals surface area contributed by atoms with E-state index in [1.165, 1.54) is 0 Å². The topological polar surface area (TPSA) is 38.3 Å². The van der Waals surface area contributed by atoms with Gasteiger partial charge in [0, 0.05) is 11.3 Å². The van der Waals surface area contributed by atoms with Crippen LogP contribution in [0.3, 0.4) is 0 Å². The average molecular weight is 303 g/mol. The Bertz CT molecular complexity index is 770. The first kappa shape index (κ1) is 14.9. The van der Waals surface area contributed by atoms with Crippen LogP contribution in [0.25, 0.3) is 11.1 Å². The van der Waals surface area contributed by atoms with Crippen LogP contribution in [-0.4, -0.2) is 12.5 Å². The third-order valence-corrected chi connectivity index (χ3v) is 3.39. The maximum Gasteiger partial charge on any atom is 0.262 e. The molecule has 3 aromatic rings. The Hall–Kier alpha value is -3.07. The van der Waals surface area contributed by atoms with Crippen molar-refractivity contribution in [2.45, 2.75) is 0 Å². The maximum absolute atomic E-state index is 12.0. The molecule has 0 aliphatic carbocycles. The summed E-state index contributed by atoms with van der Waals surface area (Å²) in [6.45, 7) is -0.0290. The van der Waals surface area contributed by atoms with Crippen molar-refractivity contribution in [1.29, 1.82) is 0 Å². The largest absolute Gasteiger partial charge is 0.483 e. The fourth-order valence-corrected chi connectivity index (χ4v) is 2.31. The van der Waals surface area contributed by atoms with Gasteiger partial charge in [0.15, 0.2) is 6.61 Å². The first-order valence-corrected chi connectivity index (χ1v) is 7.45. The minimum Gasteiger partial charge on any atom is -0.483 e. The molecule has 3 heteroatoms. The molecular weight excluding hydrogens is 286 g/mol. The van der Waals surface area contributed by atoms with E-state index < -0.39 is 0 Å². The fourth-order valence-electron chi connectivity index (χ4n) is 2.31. The van der Waals surface area contributed by atoms with Gasteiger partial charge in [-0.15, -0.1) is 0 Å². The summed E-state index contributed by atoms with van der Waals surface area (Å²) in [7, 11) is 0. The van der Waals surface area contributed by atoms with Crippen LogP contribution < -0.4 is 10.1 Å². The zero-order chi connectivity index (χ0) is 15.9. The molecule has 0 aliphatic heterocycles. The quantitative estimate of drug-likeness (QED) is 0.760. The van der Waals surface area contributed by atoms with Gasteiger partial charge in [0.25, 0.3) is 5.91 Å². The van der Waals surface area contributed by atoms with Crippen LogP contribution in [-0.2, 0) is 4.79 Å². The highest BCUT2D eigenvalue weighted by Gasteiger charge is 2.08. The summed E-state index contributed by atoms with van der Waals surface area (Å²) in [4.78, 5) is 12.0. The fraction of sp³-hybridized carbons (Fsp3) is 0.0500. The summed E-state index contributed by atoms with van der Waals surface area (Å²) in [5.74, 6) is 0.515. The zero-order valence-corrected chi connectivity index (χ0v) is 12.6. The van der Waals surface area contributed by atoms with Gasteiger partial charge in [0.05, 0.1) is 0 Å². The minimum atomic E-state index is -0.181. The molecule has 0 spiro atoms. The van der Waals surface area contributed by atoms with Gasteiger partial charge < -0.3 is 10.1 Å². The number of rotatable bonds is 5. The number of amides is 1. The van der Waals surface area contributed by atoms with E-state index in [4.69, 9.17) is 4.74 Å². The molecule has 114 valence electrons. The first-order valence-electron chi connectivity index (χ1n) is 7.45. The van der Waals surface area contributed by atoms with Crippen LogP contribution >= 0.6 is 0 Å². The third-order valence-electron chi connectivity index (χ3n) is 3.39. The van der Waals surface area contributed by atoms with Gasteiger partial charge in [-0.25, -0.2) is 0 Å². The Kier molecular flexibility index (Phi) is 4.69. The van der Waals surface area contributed by atoms with Crippen molar-refractivity contribution in [3.8, 4) is 16.9 Å². The second kappa shape index (κ2) is 7.27. The number of hydrogen-bond donors (Lipinski definition) is 1. The van der Waals surface area contributed by atoms with Gasteiger partial charge in [-0.2, -0.15) is 0 Å². The molecule has 0 heterocycles. The van der Waals surface area contributed by atoms with Gasteiger partial charge in [-0.3, -0.25) is 4.79 Å². The molecule has 0 saturated carbocycles. The van der Waals surface area contributed by atoms with Gasteiger partial charge in [-0.1, -0.05) is 66.7 Å². The molecule has 3 rings (SSSR count). The van der Waals surface area contributed by atoms with Gasteiger partial charge >= 0.3 is 0 Å². The molecular formula is C20H17NO2. The SMILES string of the molecule is O=C(COc1ccccc1-c1ccccc1)Nc1ccccc1. The Morgan fingerprint density at radius 1 is 0.783 bits per heavy atom. The lowest BCUT2D eigenvalue weighted by atomic mass is 10.1. The number of nitrogens with one attached hydrogen (secondary N) is 1. The van der Waals surface area contributed by atoms with Crippen LogP contribution in [0, 0.1) is 0 Å². The molecule has 1 amide bonds. The minimum absolute atomic E-state index is 0.0290. The van der Waals surface area contributed by atoms with Crippen molar-refractivity contribution >= 4 is 11.6 Å². The van der Waals surface area contributed by atoms with E-state index in [9.17, 15) is 4.79 Å². The Labute approximate surface area is 135 Å². The molecule has 0 aromatic heterocycles. The number of anilines is 1. The normalized spacial score (nSPS) is 10.1. The van der Waals surface area contributed by atoms with Crippen molar-refractivity contribution in [1.82, 2.24) is 0 Å². The monoisotopic (exact) mass is 303 g/mol. The van der Waals surface area contributed by atoms with Crippen molar-refractivity contribution in [2.75, 3.05) is 11.9 Å². The van der Waals surface area contributed by atoms with Crippen LogP contribution in [0.15, 0.2) is 84.9 Å². The number of hydrogen-bond acceptors (Lipinski definition) is 2. The van der Waals surface area contributed by atoms with Crippen LogP contribution in [0.1, 0.15) is 0 Å². The molecule has 0 bridgehead atoms. The van der Waals surface area contributed by atoms with E-state index in [0.717, 1.165) is 16.8 Å². The molecule has 0 atom stereocenters. The van der Waals surface area contributed by atoms with Crippen molar-refractivity contribution in [3.05, 3.63) is 84.9 Å². The number of carbonyl (C=O) groups excluding carboxylic acids is 1. The van der Waals surface area contributed by atoms with Crippen molar-refractivity contribution in [2.24, 2.45) is 0 Å². The summed E-state index contributed by atoms with van der Waals surface area (Å²) in [6.07, 6.45) is 0. The van der Waals surface area contributed by atoms with Gasteiger partial charge in [0.2, 0.25) is 0 Å². The average Bonchev–Trinajstić information content (AvgIpc) is 2.62. The van der Waals surface area contributed by atoms with Crippen molar-refractivity contribution in [3.63, 3.8) is 0 Å². The molecule has 0 fully saturated rings. The first-order chi connectivity index (χ1) is 11.3. The molecule has 3 nitrogen and oxygen atoms in total.